The summed E-state index contributed by atoms with van der Waals surface area (Å²) in [6, 6.07) is 5.72. The van der Waals surface area contributed by atoms with Gasteiger partial charge in [-0.25, -0.2) is 4.79 Å². The Labute approximate surface area is 117 Å². The number of pyridine rings is 1. The molecule has 0 saturated heterocycles. The molecule has 1 aromatic heterocycles. The van der Waals surface area contributed by atoms with E-state index in [2.05, 4.69) is 4.57 Å². The van der Waals surface area contributed by atoms with Crippen molar-refractivity contribution in [2.75, 3.05) is 6.61 Å². The van der Waals surface area contributed by atoms with Gasteiger partial charge in [0.2, 0.25) is 5.43 Å². The number of benzene rings is 1. The van der Waals surface area contributed by atoms with E-state index in [-0.39, 0.29) is 17.6 Å². The number of ether oxygens (including phenoxy) is 1. The lowest BCUT2D eigenvalue weighted by Crippen LogP contribution is -2.23. The number of esters is 1. The molecule has 0 fully saturated rings. The maximum Gasteiger partial charge on any atom is 0.343 e. The summed E-state index contributed by atoms with van der Waals surface area (Å²) >= 11 is 0. The van der Waals surface area contributed by atoms with Crippen LogP contribution < -0.4 is 5.43 Å². The Kier molecular flexibility index (Phi) is 3.08. The van der Waals surface area contributed by atoms with Crippen LogP contribution in [0.3, 0.4) is 0 Å². The van der Waals surface area contributed by atoms with Gasteiger partial charge in [0.1, 0.15) is 5.56 Å². The first-order valence-electron chi connectivity index (χ1n) is 6.96. The van der Waals surface area contributed by atoms with Crippen LogP contribution in [0.1, 0.15) is 35.0 Å². The molecule has 2 heterocycles. The number of fused-ring (bicyclic) bond motifs is 3. The molecule has 4 heteroatoms. The fourth-order valence-corrected chi connectivity index (χ4v) is 2.94. The van der Waals surface area contributed by atoms with Crippen LogP contribution in [0.15, 0.2) is 23.0 Å². The summed E-state index contributed by atoms with van der Waals surface area (Å²) in [5, 5.41) is 0.601. The summed E-state index contributed by atoms with van der Waals surface area (Å²) in [6.07, 6.45) is 1.71. The molecule has 0 saturated carbocycles. The molecule has 1 aliphatic heterocycles. The molecule has 0 bridgehead atoms. The molecular weight excluding hydrogens is 254 g/mol. The van der Waals surface area contributed by atoms with E-state index >= 15 is 0 Å². The summed E-state index contributed by atoms with van der Waals surface area (Å²) in [4.78, 5) is 24.7. The Morgan fingerprint density at radius 2 is 2.20 bits per heavy atom. The number of nitrogens with zero attached hydrogens (tertiary/aromatic N) is 1. The van der Waals surface area contributed by atoms with Gasteiger partial charge in [-0.2, -0.15) is 0 Å². The zero-order valence-electron chi connectivity index (χ0n) is 11.7. The molecule has 4 nitrogen and oxygen atoms in total. The summed E-state index contributed by atoms with van der Waals surface area (Å²) in [5.41, 5.74) is 2.89. The topological polar surface area (TPSA) is 48.3 Å². The van der Waals surface area contributed by atoms with Crippen molar-refractivity contribution < 1.29 is 9.53 Å². The number of hydrogen-bond acceptors (Lipinski definition) is 3. The quantitative estimate of drug-likeness (QED) is 0.788. The highest BCUT2D eigenvalue weighted by Crippen LogP contribution is 2.24. The van der Waals surface area contributed by atoms with E-state index in [1.165, 1.54) is 0 Å². The molecule has 1 aliphatic rings. The molecule has 0 radical (unpaired) electrons. The van der Waals surface area contributed by atoms with Gasteiger partial charge in [-0.05, 0) is 44.4 Å². The number of aryl methyl sites for hydroxylation is 2. The van der Waals surface area contributed by atoms with Gasteiger partial charge in [-0.1, -0.05) is 6.07 Å². The lowest BCUT2D eigenvalue weighted by molar-refractivity contribution is 0.0523. The highest BCUT2D eigenvalue weighted by molar-refractivity contribution is 5.95. The van der Waals surface area contributed by atoms with Crippen LogP contribution in [-0.4, -0.2) is 17.1 Å². The van der Waals surface area contributed by atoms with Crippen molar-refractivity contribution in [1.82, 2.24) is 4.57 Å². The van der Waals surface area contributed by atoms with E-state index in [0.29, 0.717) is 5.39 Å². The summed E-state index contributed by atoms with van der Waals surface area (Å²) in [7, 11) is 0. The third kappa shape index (κ3) is 1.83. The first kappa shape index (κ1) is 12.9. The van der Waals surface area contributed by atoms with Crippen LogP contribution in [-0.2, 0) is 17.7 Å². The fourth-order valence-electron chi connectivity index (χ4n) is 2.94. The number of rotatable bonds is 2. The summed E-state index contributed by atoms with van der Waals surface area (Å²) in [5.74, 6) is -0.495. The van der Waals surface area contributed by atoms with Gasteiger partial charge in [-0.3, -0.25) is 4.79 Å². The van der Waals surface area contributed by atoms with Crippen molar-refractivity contribution in [2.45, 2.75) is 33.2 Å². The van der Waals surface area contributed by atoms with Gasteiger partial charge >= 0.3 is 5.97 Å². The number of carbonyl (C=O) groups is 1. The molecule has 0 spiro atoms. The van der Waals surface area contributed by atoms with E-state index in [1.807, 2.05) is 19.1 Å². The second kappa shape index (κ2) is 4.78. The predicted octanol–water partition coefficient (Wildman–Crippen LogP) is 2.43. The molecule has 0 N–H and O–H groups in total. The largest absolute Gasteiger partial charge is 0.462 e. The van der Waals surface area contributed by atoms with Gasteiger partial charge < -0.3 is 9.30 Å². The Morgan fingerprint density at radius 3 is 2.95 bits per heavy atom. The molecule has 104 valence electrons. The van der Waals surface area contributed by atoms with E-state index < -0.39 is 5.97 Å². The lowest BCUT2D eigenvalue weighted by Gasteiger charge is -2.13. The highest BCUT2D eigenvalue weighted by Gasteiger charge is 2.25. The van der Waals surface area contributed by atoms with Crippen molar-refractivity contribution >= 4 is 16.9 Å². The molecule has 0 aliphatic carbocycles. The minimum atomic E-state index is -0.495. The third-order valence-electron chi connectivity index (χ3n) is 3.80. The minimum absolute atomic E-state index is 0.202. The van der Waals surface area contributed by atoms with E-state index in [1.54, 1.807) is 13.0 Å². The predicted molar refractivity (Wildman–Crippen MR) is 77.2 cm³/mol. The second-order valence-corrected chi connectivity index (χ2v) is 5.15. The molecule has 0 amide bonds. The Hall–Kier alpha value is -2.10. The molecule has 0 unspecified atom stereocenters. The standard InChI is InChI=1S/C16H17NO3/c1-3-20-16(19)14-12-5-4-8-17(12)13-9-10(2)6-7-11(13)15(14)18/h6-7,9H,3-5,8H2,1-2H3. The Morgan fingerprint density at radius 1 is 1.40 bits per heavy atom. The molecular formula is C16H17NO3. The van der Waals surface area contributed by atoms with Crippen LogP contribution >= 0.6 is 0 Å². The molecule has 0 atom stereocenters. The van der Waals surface area contributed by atoms with Crippen molar-refractivity contribution in [3.05, 3.63) is 45.2 Å². The smallest absolute Gasteiger partial charge is 0.343 e. The van der Waals surface area contributed by atoms with Gasteiger partial charge in [-0.15, -0.1) is 0 Å². The van der Waals surface area contributed by atoms with Crippen LogP contribution in [0.5, 0.6) is 0 Å². The normalized spacial score (nSPS) is 13.5. The zero-order valence-corrected chi connectivity index (χ0v) is 11.7. The first-order chi connectivity index (χ1) is 9.63. The molecule has 2 aromatic rings. The van der Waals surface area contributed by atoms with Crippen LogP contribution in [0.4, 0.5) is 0 Å². The Bertz CT molecular complexity index is 758. The summed E-state index contributed by atoms with van der Waals surface area (Å²) in [6.45, 7) is 4.89. The van der Waals surface area contributed by atoms with Crippen LogP contribution in [0, 0.1) is 6.92 Å². The Balaban J connectivity index is 2.37. The zero-order chi connectivity index (χ0) is 14.3. The number of carbonyl (C=O) groups excluding carboxylic acids is 1. The SMILES string of the molecule is CCOC(=O)c1c2n(c3cc(C)ccc3c1=O)CCC2. The second-order valence-electron chi connectivity index (χ2n) is 5.15. The van der Waals surface area contributed by atoms with E-state index in [9.17, 15) is 9.59 Å². The monoisotopic (exact) mass is 271 g/mol. The van der Waals surface area contributed by atoms with Gasteiger partial charge in [0.25, 0.3) is 0 Å². The van der Waals surface area contributed by atoms with E-state index in [4.69, 9.17) is 4.74 Å². The first-order valence-corrected chi connectivity index (χ1v) is 6.96. The third-order valence-corrected chi connectivity index (χ3v) is 3.80. The van der Waals surface area contributed by atoms with Crippen molar-refractivity contribution in [3.63, 3.8) is 0 Å². The lowest BCUT2D eigenvalue weighted by atomic mass is 10.1. The number of aromatic nitrogens is 1. The molecule has 20 heavy (non-hydrogen) atoms. The van der Waals surface area contributed by atoms with Gasteiger partial charge in [0, 0.05) is 17.6 Å². The van der Waals surface area contributed by atoms with Crippen molar-refractivity contribution in [1.29, 1.82) is 0 Å². The highest BCUT2D eigenvalue weighted by atomic mass is 16.5. The van der Waals surface area contributed by atoms with Crippen LogP contribution in [0.2, 0.25) is 0 Å². The fraction of sp³-hybridized carbons (Fsp3) is 0.375. The minimum Gasteiger partial charge on any atom is -0.462 e. The van der Waals surface area contributed by atoms with Crippen molar-refractivity contribution in [3.8, 4) is 0 Å². The summed E-state index contributed by atoms with van der Waals surface area (Å²) < 4.78 is 7.15. The molecule has 1 aromatic carbocycles. The maximum atomic E-state index is 12.6. The van der Waals surface area contributed by atoms with Gasteiger partial charge in [0.15, 0.2) is 0 Å². The average molecular weight is 271 g/mol. The maximum absolute atomic E-state index is 12.6. The van der Waals surface area contributed by atoms with Crippen molar-refractivity contribution in [2.24, 2.45) is 0 Å². The number of hydrogen-bond donors (Lipinski definition) is 0. The average Bonchev–Trinajstić information content (AvgIpc) is 2.88. The van der Waals surface area contributed by atoms with E-state index in [0.717, 1.165) is 36.2 Å². The van der Waals surface area contributed by atoms with Crippen LogP contribution in [0.25, 0.3) is 10.9 Å². The van der Waals surface area contributed by atoms with Gasteiger partial charge in [0.05, 0.1) is 12.1 Å². The molecule has 3 rings (SSSR count).